The monoisotopic (exact) mass is 297 g/mol. The van der Waals surface area contributed by atoms with Crippen LogP contribution in [-0.2, 0) is 13.0 Å². The molecular weight excluding hydrogens is 286 g/mol. The molecule has 1 aromatic carbocycles. The van der Waals surface area contributed by atoms with E-state index in [9.17, 15) is 4.79 Å². The summed E-state index contributed by atoms with van der Waals surface area (Å²) in [5.74, 6) is -0.787. The Hall–Kier alpha value is -1.59. The van der Waals surface area contributed by atoms with Crippen molar-refractivity contribution in [1.82, 2.24) is 4.98 Å². The second-order valence-electron chi connectivity index (χ2n) is 3.82. The van der Waals surface area contributed by atoms with E-state index >= 15 is 0 Å². The first-order valence-corrected chi connectivity index (χ1v) is 6.95. The fourth-order valence-corrected chi connectivity index (χ4v) is 2.41. The van der Waals surface area contributed by atoms with Crippen molar-refractivity contribution in [3.05, 3.63) is 44.9 Å². The molecule has 0 unspecified atom stereocenters. The van der Waals surface area contributed by atoms with Gasteiger partial charge in [-0.25, -0.2) is 9.78 Å². The zero-order chi connectivity index (χ0) is 13.8. The second kappa shape index (κ2) is 6.04. The maximum absolute atomic E-state index is 11.1. The van der Waals surface area contributed by atoms with Gasteiger partial charge in [-0.2, -0.15) is 0 Å². The minimum absolute atomic E-state index is 0.0929. The number of thiazole rings is 1. The molecule has 0 spiro atoms. The number of carboxylic acid groups (broad SMARTS) is 1. The second-order valence-corrected chi connectivity index (χ2v) is 5.20. The van der Waals surface area contributed by atoms with Crippen molar-refractivity contribution in [2.24, 2.45) is 0 Å². The van der Waals surface area contributed by atoms with Gasteiger partial charge < -0.3 is 9.84 Å². The molecular formula is C13H12ClNO3S. The number of carbonyl (C=O) groups is 1. The quantitative estimate of drug-likeness (QED) is 0.915. The third-order valence-electron chi connectivity index (χ3n) is 2.45. The molecule has 19 heavy (non-hydrogen) atoms. The number of aromatic carboxylic acids is 1. The van der Waals surface area contributed by atoms with Crippen LogP contribution < -0.4 is 4.74 Å². The highest BCUT2D eigenvalue weighted by atomic mass is 35.5. The number of hydrogen-bond acceptors (Lipinski definition) is 4. The lowest BCUT2D eigenvalue weighted by Gasteiger charge is -2.08. The third-order valence-corrected chi connectivity index (χ3v) is 3.73. The Labute approximate surface area is 119 Å². The molecule has 0 bridgehead atoms. The van der Waals surface area contributed by atoms with Gasteiger partial charge in [-0.15, -0.1) is 11.3 Å². The Kier molecular flexibility index (Phi) is 4.39. The normalized spacial score (nSPS) is 10.4. The minimum atomic E-state index is -1.04. The number of rotatable bonds is 5. The van der Waals surface area contributed by atoms with Gasteiger partial charge in [0.2, 0.25) is 0 Å². The highest BCUT2D eigenvalue weighted by Gasteiger charge is 2.12. The molecule has 0 aliphatic carbocycles. The van der Waals surface area contributed by atoms with Gasteiger partial charge in [0.15, 0.2) is 0 Å². The SMILES string of the molecule is CCc1nc(COc2cc(Cl)ccc2C(=O)O)cs1. The molecule has 0 radical (unpaired) electrons. The van der Waals surface area contributed by atoms with E-state index in [1.165, 1.54) is 18.2 Å². The average molecular weight is 298 g/mol. The summed E-state index contributed by atoms with van der Waals surface area (Å²) in [6.07, 6.45) is 0.877. The predicted octanol–water partition coefficient (Wildman–Crippen LogP) is 3.64. The molecule has 2 rings (SSSR count). The first kappa shape index (κ1) is 13.8. The molecule has 1 aromatic heterocycles. The van der Waals surface area contributed by atoms with Gasteiger partial charge in [-0.05, 0) is 24.6 Å². The first-order chi connectivity index (χ1) is 9.10. The predicted molar refractivity (Wildman–Crippen MR) is 74.2 cm³/mol. The zero-order valence-corrected chi connectivity index (χ0v) is 11.8. The Balaban J connectivity index is 2.14. The van der Waals surface area contributed by atoms with Gasteiger partial charge in [0.25, 0.3) is 0 Å². The first-order valence-electron chi connectivity index (χ1n) is 5.69. The molecule has 0 amide bonds. The van der Waals surface area contributed by atoms with Gasteiger partial charge >= 0.3 is 5.97 Å². The third kappa shape index (κ3) is 3.45. The smallest absolute Gasteiger partial charge is 0.339 e. The van der Waals surface area contributed by atoms with Gasteiger partial charge in [0, 0.05) is 10.4 Å². The van der Waals surface area contributed by atoms with Crippen molar-refractivity contribution in [2.75, 3.05) is 0 Å². The van der Waals surface area contributed by atoms with Crippen molar-refractivity contribution < 1.29 is 14.6 Å². The summed E-state index contributed by atoms with van der Waals surface area (Å²) in [5, 5.41) is 12.4. The fourth-order valence-electron chi connectivity index (χ4n) is 1.52. The maximum atomic E-state index is 11.1. The average Bonchev–Trinajstić information content (AvgIpc) is 2.84. The number of nitrogens with zero attached hydrogens (tertiary/aromatic N) is 1. The van der Waals surface area contributed by atoms with Crippen molar-refractivity contribution in [3.63, 3.8) is 0 Å². The van der Waals surface area contributed by atoms with Crippen LogP contribution >= 0.6 is 22.9 Å². The van der Waals surface area contributed by atoms with E-state index in [1.807, 2.05) is 12.3 Å². The molecule has 0 saturated carbocycles. The summed E-state index contributed by atoms with van der Waals surface area (Å²) in [6.45, 7) is 2.26. The molecule has 1 N–H and O–H groups in total. The van der Waals surface area contributed by atoms with Crippen LogP contribution in [0, 0.1) is 0 Å². The van der Waals surface area contributed by atoms with Crippen LogP contribution in [0.4, 0.5) is 0 Å². The van der Waals surface area contributed by atoms with E-state index in [2.05, 4.69) is 4.98 Å². The Morgan fingerprint density at radius 1 is 1.53 bits per heavy atom. The summed E-state index contributed by atoms with van der Waals surface area (Å²) in [5.41, 5.74) is 0.883. The van der Waals surface area contributed by atoms with Crippen molar-refractivity contribution in [1.29, 1.82) is 0 Å². The van der Waals surface area contributed by atoms with Crippen molar-refractivity contribution in [3.8, 4) is 5.75 Å². The molecule has 0 fully saturated rings. The molecule has 2 aromatic rings. The standard InChI is InChI=1S/C13H12ClNO3S/c1-2-12-15-9(7-19-12)6-18-11-5-8(14)3-4-10(11)13(16)17/h3-5,7H,2,6H2,1H3,(H,16,17). The zero-order valence-electron chi connectivity index (χ0n) is 10.2. The Bertz CT molecular complexity index is 597. The van der Waals surface area contributed by atoms with E-state index in [-0.39, 0.29) is 17.9 Å². The lowest BCUT2D eigenvalue weighted by molar-refractivity contribution is 0.0691. The van der Waals surface area contributed by atoms with Crippen LogP contribution in [0.15, 0.2) is 23.6 Å². The van der Waals surface area contributed by atoms with E-state index < -0.39 is 5.97 Å². The highest BCUT2D eigenvalue weighted by molar-refractivity contribution is 7.09. The summed E-state index contributed by atoms with van der Waals surface area (Å²) in [4.78, 5) is 15.4. The van der Waals surface area contributed by atoms with Gasteiger partial charge in [-0.1, -0.05) is 18.5 Å². The number of benzene rings is 1. The van der Waals surface area contributed by atoms with Gasteiger partial charge in [0.05, 0.1) is 10.7 Å². The summed E-state index contributed by atoms with van der Waals surface area (Å²) < 4.78 is 5.50. The lowest BCUT2D eigenvalue weighted by atomic mass is 10.2. The highest BCUT2D eigenvalue weighted by Crippen LogP contribution is 2.24. The molecule has 0 aliphatic heterocycles. The minimum Gasteiger partial charge on any atom is -0.486 e. The van der Waals surface area contributed by atoms with Crippen LogP contribution in [0.2, 0.25) is 5.02 Å². The van der Waals surface area contributed by atoms with E-state index in [4.69, 9.17) is 21.4 Å². The summed E-state index contributed by atoms with van der Waals surface area (Å²) in [6, 6.07) is 4.45. The molecule has 6 heteroatoms. The van der Waals surface area contributed by atoms with Crippen LogP contribution in [0.5, 0.6) is 5.75 Å². The Morgan fingerprint density at radius 3 is 2.95 bits per heavy atom. The van der Waals surface area contributed by atoms with Crippen molar-refractivity contribution in [2.45, 2.75) is 20.0 Å². The summed E-state index contributed by atoms with van der Waals surface area (Å²) in [7, 11) is 0. The van der Waals surface area contributed by atoms with Crippen LogP contribution in [0.25, 0.3) is 0 Å². The number of ether oxygens (including phenoxy) is 1. The van der Waals surface area contributed by atoms with Gasteiger partial charge in [-0.3, -0.25) is 0 Å². The van der Waals surface area contributed by atoms with Crippen LogP contribution in [0.3, 0.4) is 0 Å². The molecule has 4 nitrogen and oxygen atoms in total. The molecule has 0 aliphatic rings. The fraction of sp³-hybridized carbons (Fsp3) is 0.231. The molecule has 100 valence electrons. The van der Waals surface area contributed by atoms with Gasteiger partial charge in [0.1, 0.15) is 17.9 Å². The number of hydrogen-bond donors (Lipinski definition) is 1. The Morgan fingerprint density at radius 2 is 2.32 bits per heavy atom. The van der Waals surface area contributed by atoms with E-state index in [0.717, 1.165) is 17.1 Å². The van der Waals surface area contributed by atoms with E-state index in [1.54, 1.807) is 11.3 Å². The number of halogens is 1. The molecule has 0 saturated heterocycles. The number of aryl methyl sites for hydroxylation is 1. The number of carboxylic acids is 1. The van der Waals surface area contributed by atoms with Crippen molar-refractivity contribution >= 4 is 28.9 Å². The van der Waals surface area contributed by atoms with E-state index in [0.29, 0.717) is 5.02 Å². The summed E-state index contributed by atoms with van der Waals surface area (Å²) >= 11 is 7.41. The molecule has 1 heterocycles. The largest absolute Gasteiger partial charge is 0.486 e. The van der Waals surface area contributed by atoms with Crippen LogP contribution in [0.1, 0.15) is 28.0 Å². The molecule has 0 atom stereocenters. The topological polar surface area (TPSA) is 59.4 Å². The number of aromatic nitrogens is 1. The maximum Gasteiger partial charge on any atom is 0.339 e. The van der Waals surface area contributed by atoms with Crippen LogP contribution in [-0.4, -0.2) is 16.1 Å². The lowest BCUT2D eigenvalue weighted by Crippen LogP contribution is -2.03.